The van der Waals surface area contributed by atoms with Gasteiger partial charge in [-0.15, -0.1) is 15.1 Å². The Morgan fingerprint density at radius 2 is 1.11 bits per heavy atom. The van der Waals surface area contributed by atoms with E-state index in [4.69, 9.17) is 38.5 Å². The van der Waals surface area contributed by atoms with Gasteiger partial charge in [0.2, 0.25) is 16.0 Å². The lowest BCUT2D eigenvalue weighted by Crippen LogP contribution is -2.45. The zero-order chi connectivity index (χ0) is 60.3. The van der Waals surface area contributed by atoms with Crippen molar-refractivity contribution in [3.63, 3.8) is 0 Å². The number of amides is 2. The van der Waals surface area contributed by atoms with Crippen molar-refractivity contribution < 1.29 is 59.6 Å². The molecule has 24 heteroatoms. The fourth-order valence-corrected chi connectivity index (χ4v) is 15.3. The molecule has 1 aliphatic heterocycles. The van der Waals surface area contributed by atoms with E-state index < -0.39 is 78.8 Å². The van der Waals surface area contributed by atoms with Crippen LogP contribution in [0.2, 0.25) is 25.7 Å². The van der Waals surface area contributed by atoms with Crippen LogP contribution in [0.4, 0.5) is 20.3 Å². The molecule has 0 radical (unpaired) electrons. The number of sulfone groups is 1. The van der Waals surface area contributed by atoms with Crippen molar-refractivity contribution in [2.24, 2.45) is 5.10 Å². The second-order valence-electron chi connectivity index (χ2n) is 23.7. The number of anilines is 1. The average molecular weight is 1180 g/mol. The highest BCUT2D eigenvalue weighted by Crippen LogP contribution is 2.42. The van der Waals surface area contributed by atoms with Crippen molar-refractivity contribution in [3.05, 3.63) is 125 Å². The Bertz CT molecular complexity index is 3510. The molecular formula is C58H74N8O13S2Si. The van der Waals surface area contributed by atoms with Crippen LogP contribution in [0.5, 0.6) is 17.2 Å². The molecule has 0 atom stereocenters. The van der Waals surface area contributed by atoms with Gasteiger partial charge in [0.1, 0.15) is 38.9 Å². The molecule has 0 saturated carbocycles. The average Bonchev–Trinajstić information content (AvgIpc) is 4.04. The molecule has 21 nitrogen and oxygen atoms in total. The van der Waals surface area contributed by atoms with E-state index in [9.17, 15) is 14.4 Å². The van der Waals surface area contributed by atoms with Gasteiger partial charge < -0.3 is 28.4 Å². The number of nitrogens with zero attached hydrogens (tertiary/aromatic N) is 6. The van der Waals surface area contributed by atoms with Crippen molar-refractivity contribution in [1.82, 2.24) is 29.9 Å². The third-order valence-corrected chi connectivity index (χ3v) is 18.2. The summed E-state index contributed by atoms with van der Waals surface area (Å²) in [4.78, 5) is 47.8. The number of hydrogen-bond acceptors (Lipinski definition) is 18. The molecule has 1 aromatic heterocycles. The summed E-state index contributed by atoms with van der Waals surface area (Å²) in [5, 5.41) is 6.19. The molecule has 2 N–H and O–H groups in total. The van der Waals surface area contributed by atoms with Crippen LogP contribution in [-0.4, -0.2) is 112 Å². The molecule has 1 aliphatic rings. The molecule has 0 aliphatic carbocycles. The Morgan fingerprint density at radius 1 is 0.622 bits per heavy atom. The van der Waals surface area contributed by atoms with E-state index in [1.165, 1.54) is 41.8 Å². The number of ether oxygens (including phenoxy) is 6. The molecule has 2 heterocycles. The van der Waals surface area contributed by atoms with E-state index in [0.29, 0.717) is 39.3 Å². The standard InChI is InChI=1S/C58H74N8O13S2Si/c1-56(2,3)77-53(67)65-46-18-16-17-45(49(46)59-52(65)66(54(68)78-57(4,5)6)55(69)79-58(7,8)9)44-31-32-47(80(70,71)33-34-82(13,14)15)50(48(44)51-60-62-64(61-51)37-40-23-29-43(76-12)30-24-40)81(72,73)63(35-38-19-25-41(74-10)26-20-38)36-39-21-27-42(75-11)28-22-39/h16-32,62H,33-37H2,1-15H3,(H,60,61). The van der Waals surface area contributed by atoms with Crippen LogP contribution in [0.15, 0.2) is 118 Å². The van der Waals surface area contributed by atoms with Gasteiger partial charge >= 0.3 is 18.3 Å². The van der Waals surface area contributed by atoms with Crippen LogP contribution in [0.25, 0.3) is 22.2 Å². The summed E-state index contributed by atoms with van der Waals surface area (Å²) in [6.07, 6.45) is -3.54. The molecule has 2 amide bonds. The number of hydrogen-bond donors (Lipinski definition) is 2. The Labute approximate surface area is 481 Å². The largest absolute Gasteiger partial charge is 0.497 e. The van der Waals surface area contributed by atoms with Crippen LogP contribution in [0, 0.1) is 0 Å². The molecule has 82 heavy (non-hydrogen) atoms. The minimum atomic E-state index is -5.05. The number of methoxy groups -OCH3 is 3. The van der Waals surface area contributed by atoms with Gasteiger partial charge in [0.05, 0.1) is 49.6 Å². The summed E-state index contributed by atoms with van der Waals surface area (Å²) in [7, 11) is -7.05. The first-order valence-corrected chi connectivity index (χ1v) is 33.2. The number of imide groups is 1. The lowest BCUT2D eigenvalue weighted by atomic mass is 9.97. The summed E-state index contributed by atoms with van der Waals surface area (Å²) in [5.41, 5.74) is 4.48. The highest BCUT2D eigenvalue weighted by atomic mass is 32.2. The molecule has 0 fully saturated rings. The minimum absolute atomic E-state index is 0.0118. The van der Waals surface area contributed by atoms with Gasteiger partial charge in [-0.05, 0) is 139 Å². The van der Waals surface area contributed by atoms with Crippen LogP contribution in [-0.2, 0) is 53.7 Å². The normalized spacial score (nSPS) is 13.5. The third kappa shape index (κ3) is 15.1. The van der Waals surface area contributed by atoms with Crippen molar-refractivity contribution in [2.75, 3.05) is 32.0 Å². The van der Waals surface area contributed by atoms with E-state index in [-0.39, 0.29) is 58.9 Å². The van der Waals surface area contributed by atoms with Gasteiger partial charge in [0.25, 0.3) is 0 Å². The van der Waals surface area contributed by atoms with Crippen LogP contribution < -0.4 is 30.1 Å². The van der Waals surface area contributed by atoms with Gasteiger partial charge in [-0.3, -0.25) is 5.43 Å². The Hall–Kier alpha value is -7.51. The van der Waals surface area contributed by atoms with E-state index in [1.807, 2.05) is 31.8 Å². The number of sulfonamides is 1. The smallest absolute Gasteiger partial charge is 0.427 e. The topological polar surface area (TPSA) is 239 Å². The van der Waals surface area contributed by atoms with E-state index in [2.05, 4.69) is 11.0 Å². The number of aromatic nitrogens is 2. The lowest BCUT2D eigenvalue weighted by Gasteiger charge is -2.28. The maximum Gasteiger partial charge on any atom is 0.427 e. The number of hydrazine groups is 2. The van der Waals surface area contributed by atoms with Crippen molar-refractivity contribution in [2.45, 2.75) is 134 Å². The third-order valence-electron chi connectivity index (χ3n) is 12.4. The Balaban J connectivity index is 1.60. The second kappa shape index (κ2) is 24.1. The fraction of sp³-hybridized carbons (Fsp3) is 0.397. The second-order valence-corrected chi connectivity index (χ2v) is 33.3. The van der Waals surface area contributed by atoms with Crippen LogP contribution in [0.3, 0.4) is 0 Å². The highest BCUT2D eigenvalue weighted by Gasteiger charge is 2.42. The lowest BCUT2D eigenvalue weighted by molar-refractivity contribution is 0.0423. The van der Waals surface area contributed by atoms with Gasteiger partial charge in [-0.25, -0.2) is 46.3 Å². The molecule has 0 spiro atoms. The maximum absolute atomic E-state index is 16.6. The highest BCUT2D eigenvalue weighted by molar-refractivity contribution is 7.93. The van der Waals surface area contributed by atoms with E-state index >= 15 is 16.8 Å². The number of hydrazone groups is 1. The maximum atomic E-state index is 16.6. The summed E-state index contributed by atoms with van der Waals surface area (Å²) in [5.74, 6) is 0.591. The molecule has 0 saturated heterocycles. The molecule has 0 bridgehead atoms. The summed E-state index contributed by atoms with van der Waals surface area (Å²) in [6.45, 7) is 20.2. The Morgan fingerprint density at radius 3 is 1.57 bits per heavy atom. The van der Waals surface area contributed by atoms with Crippen molar-refractivity contribution in [3.8, 4) is 28.4 Å². The number of carbonyl (C=O) groups is 3. The molecular weight excluding hydrogens is 1110 g/mol. The zero-order valence-corrected chi connectivity index (χ0v) is 51.8. The van der Waals surface area contributed by atoms with Gasteiger partial charge in [-0.1, -0.05) is 74.2 Å². The first-order chi connectivity index (χ1) is 38.2. The Kier molecular flexibility index (Phi) is 18.3. The van der Waals surface area contributed by atoms with E-state index in [0.717, 1.165) is 10.1 Å². The fourth-order valence-electron chi connectivity index (χ4n) is 8.48. The number of nitrogens with one attached hydrogen (secondary N) is 2. The first kappa shape index (κ1) is 62.1. The predicted molar refractivity (Wildman–Crippen MR) is 316 cm³/mol. The number of rotatable bonds is 18. The monoisotopic (exact) mass is 1180 g/mol. The van der Waals surface area contributed by atoms with Gasteiger partial charge in [0.15, 0.2) is 15.7 Å². The zero-order valence-electron chi connectivity index (χ0n) is 49.2. The molecule has 6 aromatic rings. The van der Waals surface area contributed by atoms with Crippen molar-refractivity contribution >= 4 is 69.0 Å². The predicted octanol–water partition coefficient (Wildman–Crippen LogP) is 10.9. The van der Waals surface area contributed by atoms with Crippen LogP contribution >= 0.6 is 0 Å². The molecule has 0 unspecified atom stereocenters. The number of carbonyl (C=O) groups excluding carboxylic acids is 3. The van der Waals surface area contributed by atoms with Crippen molar-refractivity contribution in [1.29, 1.82) is 0 Å². The first-order valence-electron chi connectivity index (χ1n) is 26.4. The van der Waals surface area contributed by atoms with Gasteiger partial charge in [-0.2, -0.15) is 4.31 Å². The summed E-state index contributed by atoms with van der Waals surface area (Å²) >= 11 is 0. The van der Waals surface area contributed by atoms with Crippen LogP contribution in [0.1, 0.15) is 84.6 Å². The number of imidazole rings is 1. The molecule has 7 rings (SSSR count). The summed E-state index contributed by atoms with van der Waals surface area (Å²) in [6, 6.07) is 28.6. The number of para-hydroxylation sites is 1. The number of amidine groups is 1. The molecule has 440 valence electrons. The quantitative estimate of drug-likeness (QED) is 0.0601. The number of benzene rings is 5. The minimum Gasteiger partial charge on any atom is -0.497 e. The summed E-state index contributed by atoms with van der Waals surface area (Å²) < 4.78 is 99.6. The SMILES string of the molecule is COc1ccc(CN2NN=C(c3c(-c4cccc5c4nc(N(C(=O)OC(C)(C)C)C(=O)OC(C)(C)C)n5C(=O)OC(C)(C)C)ccc(S(=O)(=O)CC[Si](C)(C)C)c3S(=O)(=O)N(Cc3ccc(OC)cc3)Cc3ccc(OC)cc3)N2)cc1. The molecule has 5 aromatic carbocycles. The van der Waals surface area contributed by atoms with E-state index in [1.54, 1.807) is 142 Å². The van der Waals surface area contributed by atoms with Gasteiger partial charge in [0, 0.05) is 32.3 Å². The number of fused-ring (bicyclic) bond motifs is 1.